The summed E-state index contributed by atoms with van der Waals surface area (Å²) in [5, 5.41) is 23.3. The molecule has 0 aromatic rings. The summed E-state index contributed by atoms with van der Waals surface area (Å²) in [7, 11) is 0. The van der Waals surface area contributed by atoms with Crippen LogP contribution in [0.3, 0.4) is 0 Å². The number of rotatable bonds is 58. The molecule has 1 amide bonds. The van der Waals surface area contributed by atoms with Gasteiger partial charge < -0.3 is 20.3 Å². The zero-order valence-corrected chi connectivity index (χ0v) is 46.1. The van der Waals surface area contributed by atoms with E-state index in [1.54, 1.807) is 0 Å². The summed E-state index contributed by atoms with van der Waals surface area (Å²) in [6, 6.07) is -0.543. The van der Waals surface area contributed by atoms with Gasteiger partial charge in [-0.2, -0.15) is 0 Å². The van der Waals surface area contributed by atoms with Crippen molar-refractivity contribution in [3.8, 4) is 0 Å². The Balaban J connectivity index is 3.37. The van der Waals surface area contributed by atoms with Gasteiger partial charge in [-0.1, -0.05) is 296 Å². The molecule has 0 aliphatic rings. The summed E-state index contributed by atoms with van der Waals surface area (Å²) < 4.78 is 5.49. The topological polar surface area (TPSA) is 95.9 Å². The van der Waals surface area contributed by atoms with Gasteiger partial charge >= 0.3 is 5.97 Å². The molecule has 3 N–H and O–H groups in total. The van der Waals surface area contributed by atoms with Gasteiger partial charge in [0, 0.05) is 12.8 Å². The van der Waals surface area contributed by atoms with Gasteiger partial charge in [-0.05, 0) is 51.4 Å². The van der Waals surface area contributed by atoms with Crippen LogP contribution in [0.15, 0.2) is 12.2 Å². The molecule has 6 heteroatoms. The van der Waals surface area contributed by atoms with Crippen molar-refractivity contribution in [2.24, 2.45) is 0 Å². The fourth-order valence-corrected chi connectivity index (χ4v) is 9.81. The molecular weight excluding hydrogens is 839 g/mol. The van der Waals surface area contributed by atoms with E-state index in [9.17, 15) is 19.8 Å². The second-order valence-electron chi connectivity index (χ2n) is 21.4. The molecule has 0 saturated heterocycles. The predicted molar refractivity (Wildman–Crippen MR) is 297 cm³/mol. The highest BCUT2D eigenvalue weighted by Gasteiger charge is 2.20. The van der Waals surface area contributed by atoms with Crippen LogP contribution in [-0.2, 0) is 14.3 Å². The zero-order chi connectivity index (χ0) is 49.3. The monoisotopic (exact) mass is 960 g/mol. The van der Waals surface area contributed by atoms with Gasteiger partial charge in [0.05, 0.1) is 25.4 Å². The smallest absolute Gasteiger partial charge is 0.305 e. The molecule has 2 atom stereocenters. The first-order valence-electron chi connectivity index (χ1n) is 30.9. The Morgan fingerprint density at radius 1 is 0.397 bits per heavy atom. The summed E-state index contributed by atoms with van der Waals surface area (Å²) >= 11 is 0. The normalized spacial score (nSPS) is 12.6. The quantitative estimate of drug-likeness (QED) is 0.0321. The van der Waals surface area contributed by atoms with E-state index in [1.165, 1.54) is 270 Å². The van der Waals surface area contributed by atoms with Crippen molar-refractivity contribution in [2.75, 3.05) is 13.2 Å². The summed E-state index contributed by atoms with van der Waals surface area (Å²) in [6.45, 7) is 4.97. The SMILES string of the molecule is CCCCCCCCC/C=C\CCCCCCCCCC(=O)OCCCCCCCCCCCCCCCCCCCCCC(=O)NC(CO)C(O)CCCCCCCCCCCCCCCC. The number of hydrogen-bond donors (Lipinski definition) is 3. The van der Waals surface area contributed by atoms with Crippen LogP contribution in [0, 0.1) is 0 Å². The lowest BCUT2D eigenvalue weighted by Gasteiger charge is -2.22. The summed E-state index contributed by atoms with van der Waals surface area (Å²) in [5.74, 6) is -0.0289. The summed E-state index contributed by atoms with van der Waals surface area (Å²) in [6.07, 6.45) is 69.3. The van der Waals surface area contributed by atoms with Crippen molar-refractivity contribution in [1.82, 2.24) is 5.32 Å². The molecule has 0 saturated carbocycles. The van der Waals surface area contributed by atoms with Crippen LogP contribution in [0.4, 0.5) is 0 Å². The maximum atomic E-state index is 12.5. The van der Waals surface area contributed by atoms with Gasteiger partial charge in [0.25, 0.3) is 0 Å². The van der Waals surface area contributed by atoms with Crippen LogP contribution in [0.1, 0.15) is 348 Å². The molecule has 0 rings (SSSR count). The third kappa shape index (κ3) is 53.9. The zero-order valence-electron chi connectivity index (χ0n) is 46.1. The maximum absolute atomic E-state index is 12.5. The van der Waals surface area contributed by atoms with Crippen molar-refractivity contribution < 1.29 is 24.5 Å². The third-order valence-electron chi connectivity index (χ3n) is 14.6. The number of allylic oxidation sites excluding steroid dienone is 2. The minimum atomic E-state index is -0.665. The molecule has 68 heavy (non-hydrogen) atoms. The number of carbonyl (C=O) groups is 2. The number of unbranched alkanes of at least 4 members (excludes halogenated alkanes) is 45. The Morgan fingerprint density at radius 3 is 1.04 bits per heavy atom. The van der Waals surface area contributed by atoms with E-state index in [4.69, 9.17) is 4.74 Å². The Kier molecular flexibility index (Phi) is 57.0. The Labute approximate surface area is 425 Å². The van der Waals surface area contributed by atoms with Gasteiger partial charge in [0.1, 0.15) is 0 Å². The number of hydrogen-bond acceptors (Lipinski definition) is 5. The number of aliphatic hydroxyl groups excluding tert-OH is 2. The van der Waals surface area contributed by atoms with Crippen LogP contribution in [0.2, 0.25) is 0 Å². The first kappa shape index (κ1) is 66.6. The largest absolute Gasteiger partial charge is 0.466 e. The number of amides is 1. The Morgan fingerprint density at radius 2 is 0.691 bits per heavy atom. The summed E-state index contributed by atoms with van der Waals surface area (Å²) in [5.41, 5.74) is 0. The molecule has 0 aliphatic carbocycles. The average Bonchev–Trinajstić information content (AvgIpc) is 3.34. The minimum Gasteiger partial charge on any atom is -0.466 e. The van der Waals surface area contributed by atoms with E-state index in [0.717, 1.165) is 44.9 Å². The molecule has 0 fully saturated rings. The molecule has 0 aromatic carbocycles. The maximum Gasteiger partial charge on any atom is 0.305 e. The molecule has 0 radical (unpaired) electrons. The lowest BCUT2D eigenvalue weighted by atomic mass is 10.0. The standard InChI is InChI=1S/C62H121NO5/c1-3-5-7-9-11-13-15-17-19-20-25-28-32-36-40-44-48-52-56-62(67)68-57-53-49-45-41-37-33-29-26-23-21-22-24-27-31-35-39-43-47-51-55-61(66)63-59(58-64)60(65)54-50-46-42-38-34-30-18-16-14-12-10-8-6-4-2/h19-20,59-60,64-65H,3-18,21-58H2,1-2H3,(H,63,66)/b20-19-. The second-order valence-corrected chi connectivity index (χ2v) is 21.4. The number of ether oxygens (including phenoxy) is 1. The van der Waals surface area contributed by atoms with E-state index in [1.807, 2.05) is 0 Å². The first-order valence-corrected chi connectivity index (χ1v) is 30.9. The van der Waals surface area contributed by atoms with Gasteiger partial charge in [0.2, 0.25) is 5.91 Å². The molecule has 2 unspecified atom stereocenters. The molecule has 6 nitrogen and oxygen atoms in total. The highest BCUT2D eigenvalue weighted by Crippen LogP contribution is 2.18. The number of aliphatic hydroxyl groups is 2. The van der Waals surface area contributed by atoms with E-state index in [2.05, 4.69) is 31.3 Å². The third-order valence-corrected chi connectivity index (χ3v) is 14.6. The lowest BCUT2D eigenvalue weighted by molar-refractivity contribution is -0.143. The van der Waals surface area contributed by atoms with Crippen LogP contribution in [-0.4, -0.2) is 47.4 Å². The fraction of sp³-hybridized carbons (Fsp3) is 0.935. The van der Waals surface area contributed by atoms with Gasteiger partial charge in [-0.15, -0.1) is 0 Å². The predicted octanol–water partition coefficient (Wildman–Crippen LogP) is 19.2. The molecule has 0 aliphatic heterocycles. The van der Waals surface area contributed by atoms with Crippen molar-refractivity contribution >= 4 is 11.9 Å². The van der Waals surface area contributed by atoms with Crippen molar-refractivity contribution in [1.29, 1.82) is 0 Å². The molecule has 404 valence electrons. The average molecular weight is 961 g/mol. The van der Waals surface area contributed by atoms with Gasteiger partial charge in [-0.3, -0.25) is 9.59 Å². The molecule has 0 bridgehead atoms. The number of esters is 1. The lowest BCUT2D eigenvalue weighted by Crippen LogP contribution is -2.45. The first-order chi connectivity index (χ1) is 33.5. The minimum absolute atomic E-state index is 0.00695. The molecule has 0 spiro atoms. The second kappa shape index (κ2) is 58.2. The highest BCUT2D eigenvalue weighted by atomic mass is 16.5. The van der Waals surface area contributed by atoms with Crippen molar-refractivity contribution in [3.63, 3.8) is 0 Å². The van der Waals surface area contributed by atoms with Crippen LogP contribution in [0.25, 0.3) is 0 Å². The van der Waals surface area contributed by atoms with Gasteiger partial charge in [0.15, 0.2) is 0 Å². The highest BCUT2D eigenvalue weighted by molar-refractivity contribution is 5.76. The van der Waals surface area contributed by atoms with Gasteiger partial charge in [-0.25, -0.2) is 0 Å². The van der Waals surface area contributed by atoms with Crippen molar-refractivity contribution in [3.05, 3.63) is 12.2 Å². The molecular formula is C62H121NO5. The Bertz CT molecular complexity index is 1020. The number of carbonyl (C=O) groups excluding carboxylic acids is 2. The molecule has 0 aromatic heterocycles. The molecule has 0 heterocycles. The van der Waals surface area contributed by atoms with Crippen LogP contribution < -0.4 is 5.32 Å². The fourth-order valence-electron chi connectivity index (χ4n) is 9.81. The van der Waals surface area contributed by atoms with Crippen LogP contribution >= 0.6 is 0 Å². The van der Waals surface area contributed by atoms with E-state index in [-0.39, 0.29) is 18.5 Å². The van der Waals surface area contributed by atoms with Crippen LogP contribution in [0.5, 0.6) is 0 Å². The Hall–Kier alpha value is -1.40. The van der Waals surface area contributed by atoms with Crippen molar-refractivity contribution in [2.45, 2.75) is 360 Å². The summed E-state index contributed by atoms with van der Waals surface area (Å²) in [4.78, 5) is 24.6. The van der Waals surface area contributed by atoms with E-state index >= 15 is 0 Å². The number of nitrogens with one attached hydrogen (secondary N) is 1. The van der Waals surface area contributed by atoms with E-state index < -0.39 is 12.1 Å². The van der Waals surface area contributed by atoms with E-state index in [0.29, 0.717) is 25.9 Å².